The van der Waals surface area contributed by atoms with Gasteiger partial charge >= 0.3 is 0 Å². The van der Waals surface area contributed by atoms with Crippen LogP contribution in [0, 0.1) is 0 Å². The number of aromatic nitrogens is 3. The third kappa shape index (κ3) is 3.06. The second-order valence-electron chi connectivity index (χ2n) is 5.34. The fourth-order valence-electron chi connectivity index (χ4n) is 2.34. The highest BCUT2D eigenvalue weighted by Gasteiger charge is 2.16. The molecule has 1 aromatic carbocycles. The maximum Gasteiger partial charge on any atom is 0.240 e. The van der Waals surface area contributed by atoms with Crippen LogP contribution in [-0.2, 0) is 23.6 Å². The van der Waals surface area contributed by atoms with Gasteiger partial charge in [-0.1, -0.05) is 12.1 Å². The highest BCUT2D eigenvalue weighted by Crippen LogP contribution is 2.14. The first-order valence-corrected chi connectivity index (χ1v) is 8.74. The largest absolute Gasteiger partial charge is 0.315 e. The van der Waals surface area contributed by atoms with Crippen molar-refractivity contribution in [3.8, 4) is 0 Å². The smallest absolute Gasteiger partial charge is 0.240 e. The molecular formula is C16H16N4O3S. The van der Waals surface area contributed by atoms with Crippen molar-refractivity contribution in [3.63, 3.8) is 0 Å². The summed E-state index contributed by atoms with van der Waals surface area (Å²) in [5.74, 6) is 0.451. The van der Waals surface area contributed by atoms with Crippen molar-refractivity contribution in [2.45, 2.75) is 18.4 Å². The number of pyridine rings is 1. The topological polar surface area (TPSA) is 93.9 Å². The third-order valence-electron chi connectivity index (χ3n) is 3.71. The molecule has 8 heteroatoms. The quantitative estimate of drug-likeness (QED) is 0.710. The number of hydrogen-bond donors (Lipinski definition) is 1. The van der Waals surface area contributed by atoms with Gasteiger partial charge in [-0.2, -0.15) is 0 Å². The minimum absolute atomic E-state index is 0.0453. The average Bonchev–Trinajstić information content (AvgIpc) is 2.90. The molecule has 0 saturated carbocycles. The van der Waals surface area contributed by atoms with Gasteiger partial charge in [-0.3, -0.25) is 4.79 Å². The van der Waals surface area contributed by atoms with Crippen molar-refractivity contribution in [2.75, 3.05) is 0 Å². The number of fused-ring (bicyclic) bond motifs is 1. The Bertz CT molecular complexity index is 1010. The zero-order valence-corrected chi connectivity index (χ0v) is 14.0. The van der Waals surface area contributed by atoms with E-state index in [1.54, 1.807) is 23.9 Å². The molecule has 0 radical (unpaired) electrons. The molecule has 2 aromatic heterocycles. The van der Waals surface area contributed by atoms with Crippen LogP contribution in [0.4, 0.5) is 0 Å². The van der Waals surface area contributed by atoms with Crippen molar-refractivity contribution in [1.82, 2.24) is 19.3 Å². The van der Waals surface area contributed by atoms with E-state index in [4.69, 9.17) is 0 Å². The highest BCUT2D eigenvalue weighted by molar-refractivity contribution is 7.89. The Hall–Kier alpha value is -2.58. The van der Waals surface area contributed by atoms with Crippen molar-refractivity contribution in [3.05, 3.63) is 54.0 Å². The molecule has 0 atom stereocenters. The summed E-state index contributed by atoms with van der Waals surface area (Å²) in [5, 5.41) is 0. The van der Waals surface area contributed by atoms with Crippen molar-refractivity contribution >= 4 is 27.0 Å². The molecular weight excluding hydrogens is 328 g/mol. The summed E-state index contributed by atoms with van der Waals surface area (Å²) in [7, 11) is -1.90. The number of carbonyl (C=O) groups is 1. The highest BCUT2D eigenvalue weighted by atomic mass is 32.2. The second-order valence-corrected chi connectivity index (χ2v) is 7.11. The molecule has 0 unspecified atom stereocenters. The molecule has 0 spiro atoms. The van der Waals surface area contributed by atoms with E-state index < -0.39 is 10.0 Å². The standard InChI is InChI=1S/C16H16N4O3S/c1-11(21)12-5-7-13(8-6-12)24(22,23)18-10-15-19-14-4-3-9-17-16(14)20(15)2/h3-9,18H,10H2,1-2H3. The summed E-state index contributed by atoms with van der Waals surface area (Å²) in [6, 6.07) is 9.41. The lowest BCUT2D eigenvalue weighted by atomic mass is 10.2. The summed E-state index contributed by atoms with van der Waals surface area (Å²) < 4.78 is 29.0. The zero-order chi connectivity index (χ0) is 17.3. The lowest BCUT2D eigenvalue weighted by Crippen LogP contribution is -2.24. The fraction of sp³-hybridized carbons (Fsp3) is 0.188. The Balaban J connectivity index is 1.81. The van der Waals surface area contributed by atoms with Gasteiger partial charge in [-0.05, 0) is 31.2 Å². The number of sulfonamides is 1. The first-order chi connectivity index (χ1) is 11.4. The molecule has 0 saturated heterocycles. The number of imidazole rings is 1. The Morgan fingerprint density at radius 3 is 2.54 bits per heavy atom. The van der Waals surface area contributed by atoms with E-state index in [9.17, 15) is 13.2 Å². The van der Waals surface area contributed by atoms with Gasteiger partial charge < -0.3 is 4.57 Å². The third-order valence-corrected chi connectivity index (χ3v) is 5.13. The van der Waals surface area contributed by atoms with E-state index >= 15 is 0 Å². The summed E-state index contributed by atoms with van der Waals surface area (Å²) in [4.78, 5) is 20.0. The molecule has 0 aliphatic heterocycles. The molecule has 124 valence electrons. The van der Waals surface area contributed by atoms with Crippen molar-refractivity contribution in [1.29, 1.82) is 0 Å². The van der Waals surface area contributed by atoms with Crippen LogP contribution >= 0.6 is 0 Å². The van der Waals surface area contributed by atoms with E-state index in [1.165, 1.54) is 31.2 Å². The maximum absolute atomic E-state index is 12.4. The predicted molar refractivity (Wildman–Crippen MR) is 89.0 cm³/mol. The minimum Gasteiger partial charge on any atom is -0.315 e. The Labute approximate surface area is 139 Å². The van der Waals surface area contributed by atoms with Crippen LogP contribution < -0.4 is 4.72 Å². The van der Waals surface area contributed by atoms with E-state index in [1.807, 2.05) is 6.07 Å². The normalized spacial score (nSPS) is 11.8. The van der Waals surface area contributed by atoms with E-state index in [0.29, 0.717) is 22.6 Å². The number of Topliss-reactive ketones (excluding diaryl/α,β-unsaturated/α-hetero) is 1. The van der Waals surface area contributed by atoms with Gasteiger partial charge in [-0.15, -0.1) is 0 Å². The number of rotatable bonds is 5. The first kappa shape index (κ1) is 16.3. The van der Waals surface area contributed by atoms with Gasteiger partial charge in [-0.25, -0.2) is 23.1 Å². The van der Waals surface area contributed by atoms with Crippen molar-refractivity contribution in [2.24, 2.45) is 7.05 Å². The summed E-state index contributed by atoms with van der Waals surface area (Å²) in [6.45, 7) is 1.48. The molecule has 0 fully saturated rings. The lowest BCUT2D eigenvalue weighted by molar-refractivity contribution is 0.101. The molecule has 7 nitrogen and oxygen atoms in total. The predicted octanol–water partition coefficient (Wildman–Crippen LogP) is 1.65. The number of nitrogens with one attached hydrogen (secondary N) is 1. The molecule has 2 heterocycles. The first-order valence-electron chi connectivity index (χ1n) is 7.25. The van der Waals surface area contributed by atoms with E-state index in [0.717, 1.165) is 0 Å². The molecule has 24 heavy (non-hydrogen) atoms. The summed E-state index contributed by atoms with van der Waals surface area (Å²) in [6.07, 6.45) is 1.66. The number of hydrogen-bond acceptors (Lipinski definition) is 5. The SMILES string of the molecule is CC(=O)c1ccc(S(=O)(=O)NCc2nc3cccnc3n2C)cc1. The van der Waals surface area contributed by atoms with Crippen LogP contribution in [0.5, 0.6) is 0 Å². The number of aryl methyl sites for hydroxylation is 1. The summed E-state index contributed by atoms with van der Waals surface area (Å²) >= 11 is 0. The van der Waals surface area contributed by atoms with Crippen LogP contribution in [0.2, 0.25) is 0 Å². The second kappa shape index (κ2) is 6.14. The molecule has 0 aliphatic rings. The maximum atomic E-state index is 12.4. The van der Waals surface area contributed by atoms with E-state index in [-0.39, 0.29) is 17.2 Å². The number of nitrogens with zero attached hydrogens (tertiary/aromatic N) is 3. The molecule has 1 N–H and O–H groups in total. The monoisotopic (exact) mass is 344 g/mol. The van der Waals surface area contributed by atoms with Crippen LogP contribution in [0.25, 0.3) is 11.2 Å². The number of carbonyl (C=O) groups excluding carboxylic acids is 1. The molecule has 0 amide bonds. The van der Waals surface area contributed by atoms with Crippen LogP contribution in [0.15, 0.2) is 47.5 Å². The van der Waals surface area contributed by atoms with Gasteiger partial charge in [0.1, 0.15) is 11.3 Å². The molecule has 3 aromatic rings. The van der Waals surface area contributed by atoms with Gasteiger partial charge in [0.05, 0.1) is 11.4 Å². The van der Waals surface area contributed by atoms with Gasteiger partial charge in [0.2, 0.25) is 10.0 Å². The number of benzene rings is 1. The van der Waals surface area contributed by atoms with Gasteiger partial charge in [0.25, 0.3) is 0 Å². The Kier molecular flexibility index (Phi) is 4.16. The van der Waals surface area contributed by atoms with Gasteiger partial charge in [0, 0.05) is 18.8 Å². The Morgan fingerprint density at radius 2 is 1.92 bits per heavy atom. The zero-order valence-electron chi connectivity index (χ0n) is 13.2. The molecule has 3 rings (SSSR count). The lowest BCUT2D eigenvalue weighted by Gasteiger charge is -2.07. The van der Waals surface area contributed by atoms with E-state index in [2.05, 4.69) is 14.7 Å². The fourth-order valence-corrected chi connectivity index (χ4v) is 3.32. The van der Waals surface area contributed by atoms with Crippen molar-refractivity contribution < 1.29 is 13.2 Å². The van der Waals surface area contributed by atoms with Gasteiger partial charge in [0.15, 0.2) is 11.4 Å². The summed E-state index contributed by atoms with van der Waals surface area (Å²) in [5.41, 5.74) is 1.87. The number of ketones is 1. The average molecular weight is 344 g/mol. The van der Waals surface area contributed by atoms with Crippen LogP contribution in [0.3, 0.4) is 0 Å². The molecule has 0 bridgehead atoms. The molecule has 0 aliphatic carbocycles. The van der Waals surface area contributed by atoms with Crippen LogP contribution in [-0.4, -0.2) is 28.7 Å². The van der Waals surface area contributed by atoms with Crippen LogP contribution in [0.1, 0.15) is 23.1 Å². The Morgan fingerprint density at radius 1 is 1.21 bits per heavy atom. The minimum atomic E-state index is -3.69.